The molecule has 1 aliphatic carbocycles. The SMILES string of the molecule is COc1ccc(C(=N)N)cc1CN(CC1CC1)C(C)C. The van der Waals surface area contributed by atoms with Gasteiger partial charge in [-0.3, -0.25) is 10.3 Å². The molecule has 0 amide bonds. The molecule has 0 unspecified atom stereocenters. The Hall–Kier alpha value is -1.55. The van der Waals surface area contributed by atoms with Crippen molar-refractivity contribution in [2.75, 3.05) is 13.7 Å². The Labute approximate surface area is 121 Å². The summed E-state index contributed by atoms with van der Waals surface area (Å²) in [6.07, 6.45) is 2.71. The minimum Gasteiger partial charge on any atom is -0.496 e. The van der Waals surface area contributed by atoms with Crippen LogP contribution < -0.4 is 10.5 Å². The lowest BCUT2D eigenvalue weighted by molar-refractivity contribution is 0.201. The molecule has 1 saturated carbocycles. The normalized spacial score (nSPS) is 14.8. The minimum absolute atomic E-state index is 0.104. The van der Waals surface area contributed by atoms with E-state index in [1.54, 1.807) is 7.11 Å². The molecule has 0 radical (unpaired) electrons. The van der Waals surface area contributed by atoms with Crippen molar-refractivity contribution >= 4 is 5.84 Å². The van der Waals surface area contributed by atoms with Crippen LogP contribution in [-0.4, -0.2) is 30.4 Å². The van der Waals surface area contributed by atoms with E-state index in [1.807, 2.05) is 18.2 Å². The smallest absolute Gasteiger partial charge is 0.123 e. The molecule has 1 aromatic carbocycles. The van der Waals surface area contributed by atoms with Gasteiger partial charge in [0.25, 0.3) is 0 Å². The third-order valence-electron chi connectivity index (χ3n) is 3.88. The fourth-order valence-corrected chi connectivity index (χ4v) is 2.38. The second-order valence-corrected chi connectivity index (χ2v) is 5.91. The number of amidine groups is 1. The van der Waals surface area contributed by atoms with Crippen molar-refractivity contribution in [2.24, 2.45) is 11.7 Å². The molecule has 3 N–H and O–H groups in total. The highest BCUT2D eigenvalue weighted by Crippen LogP contribution is 2.31. The van der Waals surface area contributed by atoms with Gasteiger partial charge in [0.2, 0.25) is 0 Å². The largest absolute Gasteiger partial charge is 0.496 e. The fraction of sp³-hybridized carbons (Fsp3) is 0.562. The molecule has 0 atom stereocenters. The van der Waals surface area contributed by atoms with Crippen molar-refractivity contribution in [2.45, 2.75) is 39.3 Å². The van der Waals surface area contributed by atoms with Gasteiger partial charge in [-0.2, -0.15) is 0 Å². The second kappa shape index (κ2) is 6.27. The van der Waals surface area contributed by atoms with E-state index in [0.29, 0.717) is 6.04 Å². The lowest BCUT2D eigenvalue weighted by Crippen LogP contribution is -2.32. The van der Waals surface area contributed by atoms with Gasteiger partial charge in [-0.15, -0.1) is 0 Å². The molecule has 2 rings (SSSR count). The molecule has 1 fully saturated rings. The van der Waals surface area contributed by atoms with Gasteiger partial charge < -0.3 is 10.5 Å². The third-order valence-corrected chi connectivity index (χ3v) is 3.88. The van der Waals surface area contributed by atoms with Crippen molar-refractivity contribution in [3.8, 4) is 5.75 Å². The number of hydrogen-bond donors (Lipinski definition) is 2. The van der Waals surface area contributed by atoms with Crippen LogP contribution in [-0.2, 0) is 6.54 Å². The molecule has 4 heteroatoms. The molecule has 4 nitrogen and oxygen atoms in total. The van der Waals surface area contributed by atoms with Crippen molar-refractivity contribution < 1.29 is 4.74 Å². The number of rotatable bonds is 7. The van der Waals surface area contributed by atoms with E-state index in [2.05, 4.69) is 18.7 Å². The van der Waals surface area contributed by atoms with Gasteiger partial charge >= 0.3 is 0 Å². The predicted molar refractivity (Wildman–Crippen MR) is 82.3 cm³/mol. The Morgan fingerprint density at radius 1 is 1.45 bits per heavy atom. The van der Waals surface area contributed by atoms with Crippen LogP contribution in [0.3, 0.4) is 0 Å². The second-order valence-electron chi connectivity index (χ2n) is 5.91. The first kappa shape index (κ1) is 14.9. The summed E-state index contributed by atoms with van der Waals surface area (Å²) < 4.78 is 5.44. The van der Waals surface area contributed by atoms with Gasteiger partial charge in [0.1, 0.15) is 11.6 Å². The van der Waals surface area contributed by atoms with E-state index in [1.165, 1.54) is 12.8 Å². The molecule has 0 bridgehead atoms. The lowest BCUT2D eigenvalue weighted by atomic mass is 10.1. The topological polar surface area (TPSA) is 62.3 Å². The first-order chi connectivity index (χ1) is 9.51. The Kier molecular flexibility index (Phi) is 4.65. The fourth-order valence-electron chi connectivity index (χ4n) is 2.38. The summed E-state index contributed by atoms with van der Waals surface area (Å²) >= 11 is 0. The molecule has 0 heterocycles. The molecule has 110 valence electrons. The Balaban J connectivity index is 2.19. The molecular weight excluding hydrogens is 250 g/mol. The van der Waals surface area contributed by atoms with Crippen LogP contribution in [0.5, 0.6) is 5.75 Å². The quantitative estimate of drug-likeness (QED) is 0.594. The number of nitrogens with two attached hydrogens (primary N) is 1. The summed E-state index contributed by atoms with van der Waals surface area (Å²) in [6, 6.07) is 6.22. The molecular formula is C16H25N3O. The number of hydrogen-bond acceptors (Lipinski definition) is 3. The Bertz CT molecular complexity index is 481. The Morgan fingerprint density at radius 3 is 2.65 bits per heavy atom. The summed E-state index contributed by atoms with van der Waals surface area (Å²) in [4.78, 5) is 2.47. The van der Waals surface area contributed by atoms with E-state index in [-0.39, 0.29) is 5.84 Å². The highest BCUT2D eigenvalue weighted by molar-refractivity contribution is 5.95. The minimum atomic E-state index is 0.104. The standard InChI is InChI=1S/C16H25N3O/c1-11(2)19(9-12-4-5-12)10-14-8-13(16(17)18)6-7-15(14)20-3/h6-8,11-12H,4-5,9-10H2,1-3H3,(H3,17,18). The number of nitrogens with one attached hydrogen (secondary N) is 1. The Morgan fingerprint density at radius 2 is 2.15 bits per heavy atom. The van der Waals surface area contributed by atoms with Gasteiger partial charge in [0.15, 0.2) is 0 Å². The summed E-state index contributed by atoms with van der Waals surface area (Å²) in [5.41, 5.74) is 7.45. The first-order valence-electron chi connectivity index (χ1n) is 7.26. The van der Waals surface area contributed by atoms with Gasteiger partial charge in [-0.1, -0.05) is 0 Å². The monoisotopic (exact) mass is 275 g/mol. The summed E-state index contributed by atoms with van der Waals surface area (Å²) in [5, 5.41) is 7.57. The zero-order valence-corrected chi connectivity index (χ0v) is 12.6. The predicted octanol–water partition coefficient (Wildman–Crippen LogP) is 2.60. The highest BCUT2D eigenvalue weighted by atomic mass is 16.5. The zero-order chi connectivity index (χ0) is 14.7. The lowest BCUT2D eigenvalue weighted by Gasteiger charge is -2.27. The van der Waals surface area contributed by atoms with Crippen LogP contribution in [0.25, 0.3) is 0 Å². The molecule has 20 heavy (non-hydrogen) atoms. The van der Waals surface area contributed by atoms with E-state index in [0.717, 1.165) is 35.9 Å². The molecule has 1 aromatic rings. The third kappa shape index (κ3) is 3.73. The van der Waals surface area contributed by atoms with Crippen LogP contribution in [0.15, 0.2) is 18.2 Å². The molecule has 0 aromatic heterocycles. The van der Waals surface area contributed by atoms with Crippen molar-refractivity contribution in [1.82, 2.24) is 4.90 Å². The molecule has 0 saturated heterocycles. The van der Waals surface area contributed by atoms with Crippen molar-refractivity contribution in [1.29, 1.82) is 5.41 Å². The maximum atomic E-state index is 7.57. The van der Waals surface area contributed by atoms with Gasteiger partial charge in [-0.05, 0) is 50.8 Å². The van der Waals surface area contributed by atoms with Crippen LogP contribution in [0.2, 0.25) is 0 Å². The van der Waals surface area contributed by atoms with Crippen LogP contribution >= 0.6 is 0 Å². The average Bonchev–Trinajstić information content (AvgIpc) is 3.21. The number of benzene rings is 1. The van der Waals surface area contributed by atoms with E-state index >= 15 is 0 Å². The maximum absolute atomic E-state index is 7.57. The van der Waals surface area contributed by atoms with E-state index in [4.69, 9.17) is 15.9 Å². The summed E-state index contributed by atoms with van der Waals surface area (Å²) in [5.74, 6) is 1.84. The van der Waals surface area contributed by atoms with Crippen LogP contribution in [0.4, 0.5) is 0 Å². The van der Waals surface area contributed by atoms with Gasteiger partial charge in [-0.25, -0.2) is 0 Å². The summed E-state index contributed by atoms with van der Waals surface area (Å²) in [6.45, 7) is 6.44. The van der Waals surface area contributed by atoms with E-state index < -0.39 is 0 Å². The maximum Gasteiger partial charge on any atom is 0.123 e. The van der Waals surface area contributed by atoms with E-state index in [9.17, 15) is 0 Å². The zero-order valence-electron chi connectivity index (χ0n) is 12.6. The van der Waals surface area contributed by atoms with Crippen molar-refractivity contribution in [3.63, 3.8) is 0 Å². The highest BCUT2D eigenvalue weighted by Gasteiger charge is 2.26. The summed E-state index contributed by atoms with van der Waals surface area (Å²) in [7, 11) is 1.69. The number of nitrogens with zero attached hydrogens (tertiary/aromatic N) is 1. The van der Waals surface area contributed by atoms with Gasteiger partial charge in [0.05, 0.1) is 7.11 Å². The van der Waals surface area contributed by atoms with Gasteiger partial charge in [0, 0.05) is 30.3 Å². The first-order valence-corrected chi connectivity index (χ1v) is 7.26. The van der Waals surface area contributed by atoms with Crippen LogP contribution in [0.1, 0.15) is 37.8 Å². The average molecular weight is 275 g/mol. The number of methoxy groups -OCH3 is 1. The molecule has 0 spiro atoms. The van der Waals surface area contributed by atoms with Crippen molar-refractivity contribution in [3.05, 3.63) is 29.3 Å². The molecule has 1 aliphatic rings. The molecule has 0 aliphatic heterocycles. The number of ether oxygens (including phenoxy) is 1. The number of nitrogen functional groups attached to an aromatic ring is 1. The van der Waals surface area contributed by atoms with Crippen LogP contribution in [0, 0.1) is 11.3 Å².